The maximum atomic E-state index is 12.8. The van der Waals surface area contributed by atoms with Crippen LogP contribution in [0, 0.1) is 26.7 Å². The average Bonchev–Trinajstić information content (AvgIpc) is 3.06. The Morgan fingerprint density at radius 2 is 2.10 bits per heavy atom. The van der Waals surface area contributed by atoms with Gasteiger partial charge in [0.15, 0.2) is 0 Å². The number of rotatable bonds is 4. The Kier molecular flexibility index (Phi) is 5.33. The largest absolute Gasteiger partial charge is 0.361 e. The van der Waals surface area contributed by atoms with Crippen LogP contribution in [0.3, 0.4) is 0 Å². The molecule has 0 aliphatic carbocycles. The highest BCUT2D eigenvalue weighted by atomic mass is 16.5. The van der Waals surface area contributed by atoms with Crippen LogP contribution in [0.4, 0.5) is 0 Å². The molecule has 150 valence electrons. The van der Waals surface area contributed by atoms with Crippen molar-refractivity contribution in [3.8, 4) is 11.3 Å². The molecule has 1 fully saturated rings. The van der Waals surface area contributed by atoms with Crippen molar-refractivity contribution < 1.29 is 9.32 Å². The van der Waals surface area contributed by atoms with Crippen molar-refractivity contribution in [2.45, 2.75) is 40.0 Å². The van der Waals surface area contributed by atoms with Crippen LogP contribution < -0.4 is 0 Å². The summed E-state index contributed by atoms with van der Waals surface area (Å²) in [6, 6.07) is 3.68. The van der Waals surface area contributed by atoms with Crippen LogP contribution in [0.2, 0.25) is 0 Å². The molecular weight excluding hydrogens is 368 g/mol. The molecule has 3 aromatic heterocycles. The van der Waals surface area contributed by atoms with E-state index < -0.39 is 0 Å². The molecule has 0 bridgehead atoms. The maximum Gasteiger partial charge on any atom is 0.272 e. The van der Waals surface area contributed by atoms with Gasteiger partial charge in [-0.15, -0.1) is 0 Å². The monoisotopic (exact) mass is 392 g/mol. The lowest BCUT2D eigenvalue weighted by molar-refractivity contribution is 0.0666. The van der Waals surface area contributed by atoms with E-state index in [1.807, 2.05) is 24.8 Å². The first-order chi connectivity index (χ1) is 14.0. The molecule has 0 radical (unpaired) electrons. The molecule has 4 heterocycles. The van der Waals surface area contributed by atoms with Crippen LogP contribution in [0.15, 0.2) is 29.2 Å². The minimum atomic E-state index is -0.0284. The number of likely N-dealkylation sites (tertiary alicyclic amines) is 1. The highest BCUT2D eigenvalue weighted by Crippen LogP contribution is 2.27. The lowest BCUT2D eigenvalue weighted by atomic mass is 9.92. The highest BCUT2D eigenvalue weighted by molar-refractivity contribution is 5.92. The zero-order valence-electron chi connectivity index (χ0n) is 16.9. The fourth-order valence-electron chi connectivity index (χ4n) is 3.94. The molecule has 0 spiro atoms. The second kappa shape index (κ2) is 8.06. The van der Waals surface area contributed by atoms with Crippen LogP contribution in [-0.4, -0.2) is 49.0 Å². The second-order valence-corrected chi connectivity index (χ2v) is 7.55. The van der Waals surface area contributed by atoms with Gasteiger partial charge >= 0.3 is 0 Å². The molecule has 0 aromatic carbocycles. The average molecular weight is 392 g/mol. The molecule has 1 atom stereocenters. The van der Waals surface area contributed by atoms with E-state index in [9.17, 15) is 4.79 Å². The normalized spacial score (nSPS) is 16.8. The Morgan fingerprint density at radius 1 is 1.24 bits per heavy atom. The van der Waals surface area contributed by atoms with Crippen LogP contribution in [0.25, 0.3) is 11.3 Å². The van der Waals surface area contributed by atoms with Crippen molar-refractivity contribution in [1.82, 2.24) is 30.0 Å². The number of hydrogen-bond acceptors (Lipinski definition) is 7. The number of hydrogen-bond donors (Lipinski definition) is 0. The van der Waals surface area contributed by atoms with Crippen molar-refractivity contribution in [2.24, 2.45) is 5.92 Å². The quantitative estimate of drug-likeness (QED) is 0.673. The fourth-order valence-corrected chi connectivity index (χ4v) is 3.94. The first-order valence-corrected chi connectivity index (χ1v) is 9.84. The molecule has 0 unspecified atom stereocenters. The Morgan fingerprint density at radius 3 is 2.86 bits per heavy atom. The first-order valence-electron chi connectivity index (χ1n) is 9.84. The van der Waals surface area contributed by atoms with E-state index in [0.29, 0.717) is 24.0 Å². The first kappa shape index (κ1) is 19.2. The van der Waals surface area contributed by atoms with E-state index in [1.54, 1.807) is 25.5 Å². The molecule has 1 amide bonds. The van der Waals surface area contributed by atoms with Gasteiger partial charge in [0.2, 0.25) is 0 Å². The molecular formula is C21H24N6O2. The van der Waals surface area contributed by atoms with Crippen LogP contribution in [0.5, 0.6) is 0 Å². The van der Waals surface area contributed by atoms with Gasteiger partial charge in [0, 0.05) is 25.0 Å². The standard InChI is InChI=1S/C21H24N6O2/c1-13-20(14(2)29-26-13)19-10-17(23-12-24-19)9-16-5-4-8-27(11-16)21(28)18-6-7-22-15(3)25-18/h6-7,10,12,16H,4-5,8-9,11H2,1-3H3/t16-/m1/s1. The van der Waals surface area contributed by atoms with Gasteiger partial charge in [-0.25, -0.2) is 19.9 Å². The third kappa shape index (κ3) is 4.16. The number of carbonyl (C=O) groups excluding carboxylic acids is 1. The maximum absolute atomic E-state index is 12.8. The van der Waals surface area contributed by atoms with Gasteiger partial charge in [-0.05, 0) is 58.1 Å². The Hall–Kier alpha value is -3.16. The number of nitrogens with zero attached hydrogens (tertiary/aromatic N) is 6. The third-order valence-corrected chi connectivity index (χ3v) is 5.31. The van der Waals surface area contributed by atoms with Crippen molar-refractivity contribution in [3.05, 3.63) is 53.3 Å². The smallest absolute Gasteiger partial charge is 0.272 e. The summed E-state index contributed by atoms with van der Waals surface area (Å²) < 4.78 is 5.27. The topological polar surface area (TPSA) is 97.9 Å². The molecule has 1 aliphatic heterocycles. The minimum absolute atomic E-state index is 0.0284. The van der Waals surface area contributed by atoms with E-state index in [4.69, 9.17) is 4.52 Å². The molecule has 29 heavy (non-hydrogen) atoms. The summed E-state index contributed by atoms with van der Waals surface area (Å²) in [5.41, 5.74) is 3.99. The fraction of sp³-hybridized carbons (Fsp3) is 0.429. The van der Waals surface area contributed by atoms with E-state index in [0.717, 1.165) is 54.2 Å². The summed E-state index contributed by atoms with van der Waals surface area (Å²) in [5, 5.41) is 4.01. The van der Waals surface area contributed by atoms with Crippen molar-refractivity contribution in [1.29, 1.82) is 0 Å². The van der Waals surface area contributed by atoms with Gasteiger partial charge in [-0.1, -0.05) is 5.16 Å². The predicted molar refractivity (Wildman–Crippen MR) is 106 cm³/mol. The van der Waals surface area contributed by atoms with E-state index in [1.165, 1.54) is 0 Å². The number of amides is 1. The van der Waals surface area contributed by atoms with Crippen LogP contribution in [0.1, 0.15) is 46.3 Å². The van der Waals surface area contributed by atoms with Crippen molar-refractivity contribution in [2.75, 3.05) is 13.1 Å². The number of piperidine rings is 1. The SMILES string of the molecule is Cc1nccc(C(=O)N2CCC[C@H](Cc3cc(-c4c(C)noc4C)ncn3)C2)n1. The van der Waals surface area contributed by atoms with E-state index in [2.05, 4.69) is 25.1 Å². The van der Waals surface area contributed by atoms with Crippen molar-refractivity contribution >= 4 is 5.91 Å². The Balaban J connectivity index is 1.47. The zero-order chi connectivity index (χ0) is 20.4. The summed E-state index contributed by atoms with van der Waals surface area (Å²) in [4.78, 5) is 31.9. The van der Waals surface area contributed by atoms with Gasteiger partial charge in [-0.3, -0.25) is 4.79 Å². The lowest BCUT2D eigenvalue weighted by Crippen LogP contribution is -2.41. The summed E-state index contributed by atoms with van der Waals surface area (Å²) in [7, 11) is 0. The zero-order valence-corrected chi connectivity index (χ0v) is 16.9. The molecule has 1 saturated heterocycles. The molecule has 8 heteroatoms. The van der Waals surface area contributed by atoms with Gasteiger partial charge in [-0.2, -0.15) is 0 Å². The van der Waals surface area contributed by atoms with E-state index >= 15 is 0 Å². The Labute approximate surface area is 169 Å². The highest BCUT2D eigenvalue weighted by Gasteiger charge is 2.26. The number of aromatic nitrogens is 5. The molecule has 3 aromatic rings. The summed E-state index contributed by atoms with van der Waals surface area (Å²) in [6.07, 6.45) is 6.06. The number of carbonyl (C=O) groups is 1. The van der Waals surface area contributed by atoms with Gasteiger partial charge < -0.3 is 9.42 Å². The lowest BCUT2D eigenvalue weighted by Gasteiger charge is -2.32. The van der Waals surface area contributed by atoms with Crippen molar-refractivity contribution in [3.63, 3.8) is 0 Å². The molecule has 0 saturated carbocycles. The van der Waals surface area contributed by atoms with Gasteiger partial charge in [0.05, 0.1) is 17.0 Å². The minimum Gasteiger partial charge on any atom is -0.361 e. The van der Waals surface area contributed by atoms with Gasteiger partial charge in [0.25, 0.3) is 5.91 Å². The Bertz CT molecular complexity index is 1010. The van der Waals surface area contributed by atoms with Gasteiger partial charge in [0.1, 0.15) is 23.6 Å². The second-order valence-electron chi connectivity index (χ2n) is 7.55. The molecule has 1 aliphatic rings. The molecule has 0 N–H and O–H groups in total. The summed E-state index contributed by atoms with van der Waals surface area (Å²) in [5.74, 6) is 1.68. The summed E-state index contributed by atoms with van der Waals surface area (Å²) >= 11 is 0. The molecule has 4 rings (SSSR count). The predicted octanol–water partition coefficient (Wildman–Crippen LogP) is 2.94. The number of aryl methyl sites for hydroxylation is 3. The van der Waals surface area contributed by atoms with E-state index in [-0.39, 0.29) is 5.91 Å². The summed E-state index contributed by atoms with van der Waals surface area (Å²) in [6.45, 7) is 7.05. The van der Waals surface area contributed by atoms with Crippen LogP contribution in [-0.2, 0) is 6.42 Å². The van der Waals surface area contributed by atoms with Crippen LogP contribution >= 0.6 is 0 Å². The third-order valence-electron chi connectivity index (χ3n) is 5.31. The molecule has 8 nitrogen and oxygen atoms in total.